The third-order valence-electron chi connectivity index (χ3n) is 0.543. The summed E-state index contributed by atoms with van der Waals surface area (Å²) in [7, 11) is 0. The van der Waals surface area contributed by atoms with E-state index in [2.05, 4.69) is 13.2 Å². The lowest BCUT2D eigenvalue weighted by Gasteiger charge is -1.79. The van der Waals surface area contributed by atoms with Crippen LogP contribution in [0.25, 0.3) is 0 Å². The summed E-state index contributed by atoms with van der Waals surface area (Å²) in [6.45, 7) is 6.65. The fourth-order valence-electron chi connectivity index (χ4n) is 0.161. The van der Waals surface area contributed by atoms with E-state index in [0.29, 0.717) is 6.41 Å². The maximum absolute atomic E-state index is 9.75. The van der Waals surface area contributed by atoms with Gasteiger partial charge >= 0.3 is 6.41 Å². The first-order chi connectivity index (χ1) is 3.35. The Morgan fingerprint density at radius 2 is 1.71 bits per heavy atom. The van der Waals surface area contributed by atoms with Crippen molar-refractivity contribution in [2.24, 2.45) is 0 Å². The van der Waals surface area contributed by atoms with Gasteiger partial charge in [-0.1, -0.05) is 0 Å². The van der Waals surface area contributed by atoms with Gasteiger partial charge in [-0.2, -0.15) is 0 Å². The lowest BCUT2D eigenvalue weighted by atomic mass is 10.8. The van der Waals surface area contributed by atoms with E-state index in [0.717, 1.165) is 0 Å². The van der Waals surface area contributed by atoms with E-state index in [-0.39, 0.29) is 0 Å². The largest absolute Gasteiger partial charge is 0.359 e. The zero-order valence-corrected chi connectivity index (χ0v) is 4.00. The Morgan fingerprint density at radius 3 is 1.71 bits per heavy atom. The Hall–Kier alpha value is -0.890. The monoisotopic (exact) mass is 97.1 g/mol. The summed E-state index contributed by atoms with van der Waals surface area (Å²) < 4.78 is 0. The first kappa shape index (κ1) is 6.11. The average Bonchev–Trinajstić information content (AvgIpc) is 1.72. The van der Waals surface area contributed by atoms with Crippen molar-refractivity contribution in [3.63, 3.8) is 0 Å². The quantitative estimate of drug-likeness (QED) is 0.373. The second-order valence-corrected chi connectivity index (χ2v) is 0.918. The van der Waals surface area contributed by atoms with E-state index in [9.17, 15) is 4.79 Å². The van der Waals surface area contributed by atoms with Gasteiger partial charge in [0.1, 0.15) is 0 Å². The van der Waals surface area contributed by atoms with Crippen LogP contribution >= 0.6 is 0 Å². The predicted octanol–water partition coefficient (Wildman–Crippen LogP) is 0.570. The van der Waals surface area contributed by atoms with E-state index in [1.54, 1.807) is 0 Å². The van der Waals surface area contributed by atoms with Crippen molar-refractivity contribution in [3.8, 4) is 0 Å². The summed E-state index contributed by atoms with van der Waals surface area (Å²) in [5.74, 6) is 0. The molecule has 0 aromatic rings. The summed E-state index contributed by atoms with van der Waals surface area (Å²) >= 11 is 0. The van der Waals surface area contributed by atoms with Gasteiger partial charge in [0.2, 0.25) is 0 Å². The first-order valence-electron chi connectivity index (χ1n) is 1.83. The van der Waals surface area contributed by atoms with E-state index >= 15 is 0 Å². The number of hydrogen-bond acceptors (Lipinski definition) is 1. The summed E-state index contributed by atoms with van der Waals surface area (Å²) in [4.78, 5) is 11.0. The van der Waals surface area contributed by atoms with Crippen molar-refractivity contribution in [1.29, 1.82) is 0 Å². The normalized spacial score (nSPS) is 8.14. The Balaban J connectivity index is 3.57. The first-order valence-corrected chi connectivity index (χ1v) is 1.83. The van der Waals surface area contributed by atoms with Crippen LogP contribution in [0.4, 0.5) is 0 Å². The molecule has 1 radical (unpaired) electrons. The van der Waals surface area contributed by atoms with Crippen LogP contribution < -0.4 is 4.90 Å². The van der Waals surface area contributed by atoms with Crippen molar-refractivity contribution in [2.75, 3.05) is 0 Å². The van der Waals surface area contributed by atoms with Crippen LogP contribution in [0, 0.1) is 0 Å². The van der Waals surface area contributed by atoms with Gasteiger partial charge in [0, 0.05) is 0 Å². The van der Waals surface area contributed by atoms with Crippen LogP contribution in [0.3, 0.4) is 0 Å². The fraction of sp³-hybridized carbons (Fsp3) is 0. The molecule has 0 N–H and O–H groups in total. The third-order valence-corrected chi connectivity index (χ3v) is 0.543. The minimum Gasteiger partial charge on any atom is -0.227 e. The highest BCUT2D eigenvalue weighted by Crippen LogP contribution is 1.72. The number of carbonyl (C=O) groups is 1. The van der Waals surface area contributed by atoms with Crippen molar-refractivity contribution in [2.45, 2.75) is 0 Å². The van der Waals surface area contributed by atoms with E-state index in [1.165, 1.54) is 17.3 Å². The van der Waals surface area contributed by atoms with Gasteiger partial charge in [-0.05, 0) is 18.1 Å². The molecule has 2 heteroatoms. The molecule has 0 aliphatic carbocycles. The topological polar surface area (TPSA) is 23.0 Å². The maximum atomic E-state index is 9.75. The average molecular weight is 97.1 g/mol. The predicted molar refractivity (Wildman–Crippen MR) is 28.6 cm³/mol. The summed E-state index contributed by atoms with van der Waals surface area (Å²) in [5, 5.41) is 0. The molecule has 0 spiro atoms. The molecule has 0 aliphatic heterocycles. The van der Waals surface area contributed by atoms with Crippen molar-refractivity contribution >= 4 is 6.41 Å². The second kappa shape index (κ2) is 3.31. The molecule has 0 rings (SSSR count). The molecule has 0 unspecified atom stereocenters. The molecule has 0 saturated carbocycles. The van der Waals surface area contributed by atoms with Crippen LogP contribution in [-0.2, 0) is 4.79 Å². The lowest BCUT2D eigenvalue weighted by molar-refractivity contribution is -0.111. The standard InChI is InChI=1S/C5H7NO/c1-3-6(4-2)5-7/h3-5H,1-2H2/q+1. The molecule has 0 heterocycles. The van der Waals surface area contributed by atoms with Crippen LogP contribution in [0.2, 0.25) is 0 Å². The molecule has 7 heavy (non-hydrogen) atoms. The molecule has 0 aromatic carbocycles. The van der Waals surface area contributed by atoms with Gasteiger partial charge in [-0.25, -0.2) is 4.79 Å². The van der Waals surface area contributed by atoms with Crippen molar-refractivity contribution < 1.29 is 4.79 Å². The molecule has 0 aromatic heterocycles. The molecular formula is C5H7NO+. The lowest BCUT2D eigenvalue weighted by Crippen LogP contribution is -2.10. The van der Waals surface area contributed by atoms with Crippen LogP contribution in [-0.4, -0.2) is 6.41 Å². The van der Waals surface area contributed by atoms with Gasteiger partial charge in [-0.3, -0.25) is 0 Å². The van der Waals surface area contributed by atoms with Gasteiger partial charge in [-0.15, -0.1) is 0 Å². The Bertz CT molecular complexity index is 69.1. The smallest absolute Gasteiger partial charge is 0.227 e. The number of carbonyl (C=O) groups excluding carboxylic acids is 1. The Morgan fingerprint density at radius 1 is 1.29 bits per heavy atom. The molecule has 0 fully saturated rings. The molecule has 0 saturated heterocycles. The summed E-state index contributed by atoms with van der Waals surface area (Å²) in [6.07, 6.45) is 3.38. The minimum atomic E-state index is 0.625. The highest BCUT2D eigenvalue weighted by molar-refractivity contribution is 5.54. The highest BCUT2D eigenvalue weighted by atomic mass is 16.1. The molecule has 2 nitrogen and oxygen atoms in total. The number of nitrogens with zero attached hydrogens (tertiary/aromatic N) is 1. The van der Waals surface area contributed by atoms with Gasteiger partial charge in [0.05, 0.1) is 0 Å². The molecule has 37 valence electrons. The number of amides is 1. The van der Waals surface area contributed by atoms with E-state index in [1.807, 2.05) is 0 Å². The molecule has 0 atom stereocenters. The SMILES string of the molecule is C=C[N+](C=C)C=O. The van der Waals surface area contributed by atoms with E-state index in [4.69, 9.17) is 0 Å². The minimum absolute atomic E-state index is 0.625. The van der Waals surface area contributed by atoms with Gasteiger partial charge in [0.15, 0.2) is 12.4 Å². The van der Waals surface area contributed by atoms with Gasteiger partial charge < -0.3 is 0 Å². The zero-order chi connectivity index (χ0) is 5.70. The summed E-state index contributed by atoms with van der Waals surface area (Å²) in [6, 6.07) is 0. The maximum Gasteiger partial charge on any atom is 0.359 e. The van der Waals surface area contributed by atoms with Crippen LogP contribution in [0.5, 0.6) is 0 Å². The van der Waals surface area contributed by atoms with Crippen LogP contribution in [0.1, 0.15) is 0 Å². The number of rotatable bonds is 3. The molecule has 0 bridgehead atoms. The Kier molecular flexibility index (Phi) is 2.89. The van der Waals surface area contributed by atoms with Crippen LogP contribution in [0.15, 0.2) is 25.6 Å². The van der Waals surface area contributed by atoms with Crippen molar-refractivity contribution in [1.82, 2.24) is 4.90 Å². The highest BCUT2D eigenvalue weighted by Gasteiger charge is 1.97. The fourth-order valence-corrected chi connectivity index (χ4v) is 0.161. The Labute approximate surface area is 42.7 Å². The molecule has 1 amide bonds. The second-order valence-electron chi connectivity index (χ2n) is 0.918. The zero-order valence-electron chi connectivity index (χ0n) is 4.00. The van der Waals surface area contributed by atoms with Gasteiger partial charge in [0.25, 0.3) is 0 Å². The molecule has 0 aliphatic rings. The van der Waals surface area contributed by atoms with Crippen molar-refractivity contribution in [3.05, 3.63) is 25.6 Å². The number of hydrogen-bond donors (Lipinski definition) is 0. The van der Waals surface area contributed by atoms with E-state index < -0.39 is 0 Å². The third kappa shape index (κ3) is 1.89. The summed E-state index contributed by atoms with van der Waals surface area (Å²) in [5.41, 5.74) is 0. The molecular weight excluding hydrogens is 90.1 g/mol.